The van der Waals surface area contributed by atoms with Crippen LogP contribution in [0.4, 0.5) is 5.13 Å². The van der Waals surface area contributed by atoms with Gasteiger partial charge in [0.05, 0.1) is 6.54 Å². The molecular weight excluding hydrogens is 364 g/mol. The highest BCUT2D eigenvalue weighted by atomic mass is 35.5. The lowest BCUT2D eigenvalue weighted by atomic mass is 10.1. The first kappa shape index (κ1) is 19.4. The van der Waals surface area contributed by atoms with E-state index in [0.29, 0.717) is 35.3 Å². The van der Waals surface area contributed by atoms with Gasteiger partial charge in [0.15, 0.2) is 10.9 Å². The Kier molecular flexibility index (Phi) is 6.98. The minimum Gasteiger partial charge on any atom is -0.458 e. The van der Waals surface area contributed by atoms with Crippen LogP contribution in [0.5, 0.6) is 0 Å². The summed E-state index contributed by atoms with van der Waals surface area (Å²) in [4.78, 5) is 27.3. The van der Waals surface area contributed by atoms with Gasteiger partial charge in [0.2, 0.25) is 11.8 Å². The lowest BCUT2D eigenvalue weighted by Gasteiger charge is -2.08. The van der Waals surface area contributed by atoms with Crippen LogP contribution >= 0.6 is 23.7 Å². The molecule has 136 valence electrons. The number of halogens is 1. The molecule has 1 unspecified atom stereocenters. The van der Waals surface area contributed by atoms with E-state index in [-0.39, 0.29) is 30.3 Å². The van der Waals surface area contributed by atoms with Crippen molar-refractivity contribution in [2.75, 3.05) is 11.9 Å². The van der Waals surface area contributed by atoms with E-state index in [0.717, 1.165) is 19.4 Å². The van der Waals surface area contributed by atoms with Crippen molar-refractivity contribution in [1.82, 2.24) is 15.6 Å². The van der Waals surface area contributed by atoms with Gasteiger partial charge in [-0.3, -0.25) is 9.59 Å². The molecule has 9 heteroatoms. The number of amides is 2. The van der Waals surface area contributed by atoms with Gasteiger partial charge in [-0.1, -0.05) is 0 Å². The molecule has 0 aliphatic carbocycles. The molecular formula is C16H21ClN4O3S. The highest BCUT2D eigenvalue weighted by molar-refractivity contribution is 7.14. The molecule has 0 saturated carbocycles. The fraction of sp³-hybridized carbons (Fsp3) is 0.438. The normalized spacial score (nSPS) is 16.3. The second-order valence-corrected chi connectivity index (χ2v) is 6.62. The zero-order valence-electron chi connectivity index (χ0n) is 13.8. The van der Waals surface area contributed by atoms with Gasteiger partial charge in [0, 0.05) is 24.8 Å². The molecule has 2 aromatic heterocycles. The average Bonchev–Trinajstić information content (AvgIpc) is 3.26. The van der Waals surface area contributed by atoms with Crippen LogP contribution < -0.4 is 16.0 Å². The number of aromatic nitrogens is 1. The summed E-state index contributed by atoms with van der Waals surface area (Å²) < 4.78 is 5.65. The summed E-state index contributed by atoms with van der Waals surface area (Å²) in [5, 5.41) is 11.2. The minimum atomic E-state index is -0.108. The minimum absolute atomic E-state index is 0. The molecule has 3 N–H and O–H groups in total. The highest BCUT2D eigenvalue weighted by Crippen LogP contribution is 2.26. The predicted molar refractivity (Wildman–Crippen MR) is 98.9 cm³/mol. The molecule has 2 amide bonds. The van der Waals surface area contributed by atoms with Crippen LogP contribution in [0.15, 0.2) is 21.9 Å². The fourth-order valence-corrected chi connectivity index (χ4v) is 3.31. The molecule has 0 bridgehead atoms. The van der Waals surface area contributed by atoms with Gasteiger partial charge in [0.25, 0.3) is 0 Å². The van der Waals surface area contributed by atoms with E-state index in [1.807, 2.05) is 5.38 Å². The SMILES string of the molecule is CC(=O)NCc1ccc(-c2csc(NC(=O)CC3CCCN3)n2)o1.Cl. The van der Waals surface area contributed by atoms with E-state index >= 15 is 0 Å². The molecule has 1 saturated heterocycles. The summed E-state index contributed by atoms with van der Waals surface area (Å²) in [6.45, 7) is 2.79. The Morgan fingerprint density at radius 3 is 3.00 bits per heavy atom. The van der Waals surface area contributed by atoms with Crippen LogP contribution in [0.25, 0.3) is 11.5 Å². The van der Waals surface area contributed by atoms with Gasteiger partial charge in [-0.25, -0.2) is 4.98 Å². The number of hydrogen-bond acceptors (Lipinski definition) is 6. The summed E-state index contributed by atoms with van der Waals surface area (Å²) in [6, 6.07) is 3.88. The average molecular weight is 385 g/mol. The third-order valence-corrected chi connectivity index (χ3v) is 4.53. The second-order valence-electron chi connectivity index (χ2n) is 5.76. The van der Waals surface area contributed by atoms with Gasteiger partial charge in [-0.2, -0.15) is 0 Å². The van der Waals surface area contributed by atoms with Crippen molar-refractivity contribution in [2.24, 2.45) is 0 Å². The van der Waals surface area contributed by atoms with Gasteiger partial charge in [0.1, 0.15) is 11.5 Å². The standard InChI is InChI=1S/C16H20N4O3S.ClH/c1-10(21)18-8-12-4-5-14(23-12)13-9-24-16(19-13)20-15(22)7-11-3-2-6-17-11;/h4-5,9,11,17H,2-3,6-8H2,1H3,(H,18,21)(H,19,20,22);1H. The first-order valence-electron chi connectivity index (χ1n) is 7.92. The number of nitrogens with zero attached hydrogens (tertiary/aromatic N) is 1. The highest BCUT2D eigenvalue weighted by Gasteiger charge is 2.18. The Morgan fingerprint density at radius 1 is 1.44 bits per heavy atom. The van der Waals surface area contributed by atoms with E-state index in [1.165, 1.54) is 18.3 Å². The van der Waals surface area contributed by atoms with Crippen LogP contribution in [0.1, 0.15) is 31.9 Å². The second kappa shape index (κ2) is 8.98. The van der Waals surface area contributed by atoms with Crippen LogP contribution in [0, 0.1) is 0 Å². The maximum Gasteiger partial charge on any atom is 0.227 e. The zero-order valence-corrected chi connectivity index (χ0v) is 15.5. The van der Waals surface area contributed by atoms with Gasteiger partial charge in [-0.15, -0.1) is 23.7 Å². The first-order valence-corrected chi connectivity index (χ1v) is 8.80. The van der Waals surface area contributed by atoms with Crippen molar-refractivity contribution in [3.05, 3.63) is 23.3 Å². The van der Waals surface area contributed by atoms with Crippen molar-refractivity contribution in [2.45, 2.75) is 38.8 Å². The molecule has 25 heavy (non-hydrogen) atoms. The number of anilines is 1. The Hall–Kier alpha value is -1.90. The lowest BCUT2D eigenvalue weighted by Crippen LogP contribution is -2.27. The van der Waals surface area contributed by atoms with Crippen LogP contribution in [0.3, 0.4) is 0 Å². The number of furan rings is 1. The smallest absolute Gasteiger partial charge is 0.227 e. The van der Waals surface area contributed by atoms with E-state index < -0.39 is 0 Å². The maximum absolute atomic E-state index is 12.0. The monoisotopic (exact) mass is 384 g/mol. The molecule has 1 aliphatic rings. The van der Waals surface area contributed by atoms with E-state index in [9.17, 15) is 9.59 Å². The van der Waals surface area contributed by atoms with E-state index in [4.69, 9.17) is 4.42 Å². The van der Waals surface area contributed by atoms with Crippen LogP contribution in [-0.2, 0) is 16.1 Å². The molecule has 3 heterocycles. The molecule has 3 rings (SSSR count). The van der Waals surface area contributed by atoms with Gasteiger partial charge >= 0.3 is 0 Å². The zero-order chi connectivity index (χ0) is 16.9. The summed E-state index contributed by atoms with van der Waals surface area (Å²) in [5.41, 5.74) is 0.670. The molecule has 1 atom stereocenters. The molecule has 0 radical (unpaired) electrons. The topological polar surface area (TPSA) is 96.3 Å². The van der Waals surface area contributed by atoms with Crippen molar-refractivity contribution < 1.29 is 14.0 Å². The van der Waals surface area contributed by atoms with Crippen molar-refractivity contribution >= 4 is 40.7 Å². The molecule has 7 nitrogen and oxygen atoms in total. The van der Waals surface area contributed by atoms with Crippen molar-refractivity contribution in [1.29, 1.82) is 0 Å². The quantitative estimate of drug-likeness (QED) is 0.711. The number of nitrogens with one attached hydrogen (secondary N) is 3. The third kappa shape index (κ3) is 5.55. The number of carbonyl (C=O) groups excluding carboxylic acids is 2. The molecule has 0 spiro atoms. The molecule has 2 aromatic rings. The molecule has 1 fully saturated rings. The van der Waals surface area contributed by atoms with Crippen molar-refractivity contribution in [3.63, 3.8) is 0 Å². The summed E-state index contributed by atoms with van der Waals surface area (Å²) in [5.74, 6) is 1.14. The summed E-state index contributed by atoms with van der Waals surface area (Å²) >= 11 is 1.36. The summed E-state index contributed by atoms with van der Waals surface area (Å²) in [7, 11) is 0. The number of rotatable bonds is 6. The van der Waals surface area contributed by atoms with E-state index in [1.54, 1.807) is 12.1 Å². The Balaban J connectivity index is 0.00000225. The van der Waals surface area contributed by atoms with Gasteiger partial charge in [-0.05, 0) is 31.5 Å². The Labute approximate surface area is 156 Å². The molecule has 0 aromatic carbocycles. The first-order chi connectivity index (χ1) is 11.6. The largest absolute Gasteiger partial charge is 0.458 e. The van der Waals surface area contributed by atoms with Crippen molar-refractivity contribution in [3.8, 4) is 11.5 Å². The predicted octanol–water partition coefficient (Wildman–Crippen LogP) is 2.54. The Bertz CT molecular complexity index is 725. The molecule has 1 aliphatic heterocycles. The third-order valence-electron chi connectivity index (χ3n) is 3.77. The lowest BCUT2D eigenvalue weighted by molar-refractivity contribution is -0.119. The summed E-state index contributed by atoms with van der Waals surface area (Å²) in [6.07, 6.45) is 2.63. The van der Waals surface area contributed by atoms with Crippen LogP contribution in [0.2, 0.25) is 0 Å². The number of hydrogen-bond donors (Lipinski definition) is 3. The number of thiazole rings is 1. The number of carbonyl (C=O) groups is 2. The Morgan fingerprint density at radius 2 is 2.28 bits per heavy atom. The fourth-order valence-electron chi connectivity index (χ4n) is 2.59. The van der Waals surface area contributed by atoms with Crippen LogP contribution in [-0.4, -0.2) is 29.4 Å². The maximum atomic E-state index is 12.0. The van der Waals surface area contributed by atoms with E-state index in [2.05, 4.69) is 20.9 Å². The van der Waals surface area contributed by atoms with Gasteiger partial charge < -0.3 is 20.4 Å².